The molecule has 7 heteroatoms. The van der Waals surface area contributed by atoms with Crippen molar-refractivity contribution in [3.05, 3.63) is 84.4 Å². The summed E-state index contributed by atoms with van der Waals surface area (Å²) in [6.45, 7) is 0.285. The van der Waals surface area contributed by atoms with E-state index >= 15 is 0 Å². The van der Waals surface area contributed by atoms with Crippen LogP contribution in [0.15, 0.2) is 77.5 Å². The lowest BCUT2D eigenvalue weighted by atomic mass is 10.1. The van der Waals surface area contributed by atoms with Gasteiger partial charge in [0.1, 0.15) is 11.5 Å². The summed E-state index contributed by atoms with van der Waals surface area (Å²) >= 11 is 0. The molecule has 2 aromatic heterocycles. The highest BCUT2D eigenvalue weighted by atomic mass is 16.5. The Hall–Kier alpha value is -4.00. The first-order chi connectivity index (χ1) is 14.7. The quantitative estimate of drug-likeness (QED) is 0.503. The topological polar surface area (TPSA) is 78.5 Å². The summed E-state index contributed by atoms with van der Waals surface area (Å²) in [4.78, 5) is 13.0. The summed E-state index contributed by atoms with van der Waals surface area (Å²) in [6.07, 6.45) is 3.29. The molecule has 7 nitrogen and oxygen atoms in total. The maximum atomic E-state index is 13.0. The fourth-order valence-corrected chi connectivity index (χ4v) is 3.13. The molecule has 0 fully saturated rings. The molecular formula is C23H21N3O4. The Balaban J connectivity index is 1.74. The van der Waals surface area contributed by atoms with Gasteiger partial charge in [0.2, 0.25) is 0 Å². The van der Waals surface area contributed by atoms with Gasteiger partial charge in [-0.3, -0.25) is 4.79 Å². The third-order valence-corrected chi connectivity index (χ3v) is 4.64. The number of hydrogen-bond acceptors (Lipinski definition) is 5. The number of hydrogen-bond donors (Lipinski definition) is 1. The normalized spacial score (nSPS) is 10.6. The maximum Gasteiger partial charge on any atom is 0.255 e. The molecule has 30 heavy (non-hydrogen) atoms. The molecule has 0 spiro atoms. The highest BCUT2D eigenvalue weighted by Crippen LogP contribution is 2.33. The van der Waals surface area contributed by atoms with Crippen LogP contribution in [-0.4, -0.2) is 29.9 Å². The Morgan fingerprint density at radius 2 is 1.83 bits per heavy atom. The molecule has 0 unspecified atom stereocenters. The van der Waals surface area contributed by atoms with Crippen LogP contribution in [0.5, 0.6) is 11.5 Å². The van der Waals surface area contributed by atoms with E-state index in [4.69, 9.17) is 13.9 Å². The summed E-state index contributed by atoms with van der Waals surface area (Å²) < 4.78 is 17.7. The van der Waals surface area contributed by atoms with Gasteiger partial charge < -0.3 is 19.2 Å². The molecule has 0 aliphatic carbocycles. The Bertz CT molecular complexity index is 1130. The number of methoxy groups -OCH3 is 2. The third-order valence-electron chi connectivity index (χ3n) is 4.64. The van der Waals surface area contributed by atoms with Gasteiger partial charge in [0.05, 0.1) is 38.3 Å². The Morgan fingerprint density at radius 1 is 1.03 bits per heavy atom. The summed E-state index contributed by atoms with van der Waals surface area (Å²) in [5.74, 6) is 1.59. The second-order valence-corrected chi connectivity index (χ2v) is 6.50. The van der Waals surface area contributed by atoms with Crippen molar-refractivity contribution in [1.29, 1.82) is 0 Å². The van der Waals surface area contributed by atoms with Crippen LogP contribution in [-0.2, 0) is 6.54 Å². The van der Waals surface area contributed by atoms with E-state index in [1.807, 2.05) is 42.5 Å². The average Bonchev–Trinajstić information content (AvgIpc) is 3.48. The Labute approximate surface area is 173 Å². The van der Waals surface area contributed by atoms with Crippen molar-refractivity contribution in [3.63, 3.8) is 0 Å². The van der Waals surface area contributed by atoms with Crippen molar-refractivity contribution in [2.75, 3.05) is 14.2 Å². The monoisotopic (exact) mass is 403 g/mol. The van der Waals surface area contributed by atoms with Gasteiger partial charge >= 0.3 is 0 Å². The molecule has 0 atom stereocenters. The van der Waals surface area contributed by atoms with E-state index in [1.54, 1.807) is 49.6 Å². The molecule has 0 saturated heterocycles. The highest BCUT2D eigenvalue weighted by molar-refractivity contribution is 6.00. The minimum atomic E-state index is -0.252. The SMILES string of the molecule is COc1ccc(-c2nn(-c3ccccc3)cc2C(=O)NCc2ccco2)cc1OC. The number of ether oxygens (including phenoxy) is 2. The van der Waals surface area contributed by atoms with E-state index in [0.29, 0.717) is 28.5 Å². The number of benzene rings is 2. The number of aromatic nitrogens is 2. The van der Waals surface area contributed by atoms with Crippen molar-refractivity contribution in [3.8, 4) is 28.4 Å². The minimum absolute atomic E-state index is 0.252. The molecule has 4 rings (SSSR count). The van der Waals surface area contributed by atoms with Gasteiger partial charge in [-0.05, 0) is 42.5 Å². The summed E-state index contributed by atoms with van der Waals surface area (Å²) in [6, 6.07) is 18.7. The largest absolute Gasteiger partial charge is 0.493 e. The van der Waals surface area contributed by atoms with E-state index in [1.165, 1.54) is 0 Å². The lowest BCUT2D eigenvalue weighted by molar-refractivity contribution is 0.0948. The minimum Gasteiger partial charge on any atom is -0.493 e. The summed E-state index contributed by atoms with van der Waals surface area (Å²) in [5.41, 5.74) is 2.57. The molecular weight excluding hydrogens is 382 g/mol. The molecule has 1 N–H and O–H groups in total. The average molecular weight is 403 g/mol. The van der Waals surface area contributed by atoms with Crippen molar-refractivity contribution < 1.29 is 18.7 Å². The molecule has 0 radical (unpaired) electrons. The number of amides is 1. The number of carbonyl (C=O) groups excluding carboxylic acids is 1. The molecule has 0 bridgehead atoms. The van der Waals surface area contributed by atoms with Gasteiger partial charge in [0.25, 0.3) is 5.91 Å². The molecule has 1 amide bonds. The maximum absolute atomic E-state index is 13.0. The van der Waals surface area contributed by atoms with Crippen LogP contribution in [0.1, 0.15) is 16.1 Å². The highest BCUT2D eigenvalue weighted by Gasteiger charge is 2.20. The Kier molecular flexibility index (Phi) is 5.52. The third kappa shape index (κ3) is 3.91. The predicted octanol–water partition coefficient (Wildman–Crippen LogP) is 4.08. The fourth-order valence-electron chi connectivity index (χ4n) is 3.13. The lowest BCUT2D eigenvalue weighted by Gasteiger charge is -2.09. The first kappa shape index (κ1) is 19.3. The van der Waals surface area contributed by atoms with Crippen LogP contribution in [0.3, 0.4) is 0 Å². The van der Waals surface area contributed by atoms with Gasteiger partial charge in [0, 0.05) is 11.8 Å². The molecule has 4 aromatic rings. The van der Waals surface area contributed by atoms with Gasteiger partial charge in [-0.2, -0.15) is 5.10 Å². The van der Waals surface area contributed by atoms with E-state index in [9.17, 15) is 4.79 Å². The molecule has 0 aliphatic rings. The van der Waals surface area contributed by atoms with Crippen LogP contribution in [0.25, 0.3) is 16.9 Å². The predicted molar refractivity (Wildman–Crippen MR) is 112 cm³/mol. The molecule has 0 aliphatic heterocycles. The molecule has 0 saturated carbocycles. The van der Waals surface area contributed by atoms with Crippen LogP contribution in [0, 0.1) is 0 Å². The second kappa shape index (κ2) is 8.57. The molecule has 2 heterocycles. The molecule has 2 aromatic carbocycles. The second-order valence-electron chi connectivity index (χ2n) is 6.50. The van der Waals surface area contributed by atoms with E-state index in [2.05, 4.69) is 10.4 Å². The number of nitrogens with one attached hydrogen (secondary N) is 1. The van der Waals surface area contributed by atoms with Crippen molar-refractivity contribution in [2.45, 2.75) is 6.54 Å². The fraction of sp³-hybridized carbons (Fsp3) is 0.130. The zero-order valence-electron chi connectivity index (χ0n) is 16.7. The number of rotatable bonds is 7. The van der Waals surface area contributed by atoms with E-state index < -0.39 is 0 Å². The zero-order chi connectivity index (χ0) is 20.9. The van der Waals surface area contributed by atoms with Crippen molar-refractivity contribution in [2.24, 2.45) is 0 Å². The first-order valence-electron chi connectivity index (χ1n) is 9.37. The summed E-state index contributed by atoms with van der Waals surface area (Å²) in [7, 11) is 3.15. The number of carbonyl (C=O) groups is 1. The zero-order valence-corrected chi connectivity index (χ0v) is 16.7. The number of para-hydroxylation sites is 1. The van der Waals surface area contributed by atoms with E-state index in [0.717, 1.165) is 11.3 Å². The van der Waals surface area contributed by atoms with Gasteiger partial charge in [-0.15, -0.1) is 0 Å². The summed E-state index contributed by atoms with van der Waals surface area (Å²) in [5, 5.41) is 7.57. The van der Waals surface area contributed by atoms with Crippen LogP contribution >= 0.6 is 0 Å². The van der Waals surface area contributed by atoms with Crippen molar-refractivity contribution >= 4 is 5.91 Å². The number of furan rings is 1. The molecule has 152 valence electrons. The van der Waals surface area contributed by atoms with Gasteiger partial charge in [0.15, 0.2) is 11.5 Å². The first-order valence-corrected chi connectivity index (χ1v) is 9.37. The van der Waals surface area contributed by atoms with Gasteiger partial charge in [-0.1, -0.05) is 18.2 Å². The van der Waals surface area contributed by atoms with E-state index in [-0.39, 0.29) is 12.5 Å². The van der Waals surface area contributed by atoms with Crippen LogP contribution in [0.4, 0.5) is 0 Å². The Morgan fingerprint density at radius 3 is 2.53 bits per heavy atom. The number of nitrogens with zero attached hydrogens (tertiary/aromatic N) is 2. The lowest BCUT2D eigenvalue weighted by Crippen LogP contribution is -2.22. The van der Waals surface area contributed by atoms with Crippen molar-refractivity contribution in [1.82, 2.24) is 15.1 Å². The van der Waals surface area contributed by atoms with Gasteiger partial charge in [-0.25, -0.2) is 4.68 Å². The standard InChI is InChI=1S/C23H21N3O4/c1-28-20-11-10-16(13-21(20)29-2)22-19(23(27)24-14-18-9-6-12-30-18)15-26(25-22)17-7-4-3-5-8-17/h3-13,15H,14H2,1-2H3,(H,24,27). The smallest absolute Gasteiger partial charge is 0.255 e. The van der Waals surface area contributed by atoms with Crippen LogP contribution in [0.2, 0.25) is 0 Å². The van der Waals surface area contributed by atoms with Crippen LogP contribution < -0.4 is 14.8 Å².